The van der Waals surface area contributed by atoms with Gasteiger partial charge in [0.15, 0.2) is 0 Å². The number of amides is 2. The molecule has 2 N–H and O–H groups in total. The molecule has 0 saturated carbocycles. The first-order chi connectivity index (χ1) is 18.9. The topological polar surface area (TPSA) is 110 Å². The smallest absolute Gasteiger partial charge is 0.407 e. The summed E-state index contributed by atoms with van der Waals surface area (Å²) in [4.78, 5) is 27.5. The van der Waals surface area contributed by atoms with Crippen LogP contribution >= 0.6 is 0 Å². The molecule has 2 aliphatic rings. The number of fused-ring (bicyclic) bond motifs is 1. The third-order valence-electron chi connectivity index (χ3n) is 7.37. The zero-order valence-corrected chi connectivity index (χ0v) is 22.9. The normalized spacial score (nSPS) is 20.6. The van der Waals surface area contributed by atoms with E-state index in [1.807, 2.05) is 36.4 Å². The second kappa shape index (κ2) is 13.5. The molecule has 2 aromatic rings. The fourth-order valence-corrected chi connectivity index (χ4v) is 5.44. The molecule has 0 radical (unpaired) electrons. The predicted octanol–water partition coefficient (Wildman–Crippen LogP) is 3.35. The van der Waals surface area contributed by atoms with E-state index in [0.717, 1.165) is 47.8 Å². The maximum Gasteiger partial charge on any atom is 0.407 e. The summed E-state index contributed by atoms with van der Waals surface area (Å²) in [6, 6.07) is 13.8. The van der Waals surface area contributed by atoms with Crippen molar-refractivity contribution in [3.63, 3.8) is 0 Å². The minimum Gasteiger partial charge on any atom is -0.497 e. The summed E-state index contributed by atoms with van der Waals surface area (Å²) >= 11 is 0. The average molecular weight is 542 g/mol. The molecule has 1 fully saturated rings. The Hall–Kier alpha value is -3.50. The molecule has 10 nitrogen and oxygen atoms in total. The highest BCUT2D eigenvalue weighted by atomic mass is 16.5. The van der Waals surface area contributed by atoms with Crippen LogP contribution in [0.1, 0.15) is 30.4 Å². The molecule has 2 amide bonds. The Morgan fingerprint density at radius 1 is 1.13 bits per heavy atom. The van der Waals surface area contributed by atoms with Crippen molar-refractivity contribution in [2.24, 2.45) is 5.92 Å². The Balaban J connectivity index is 1.56. The fourth-order valence-electron chi connectivity index (χ4n) is 5.44. The molecule has 0 aliphatic carbocycles. The third-order valence-corrected chi connectivity index (χ3v) is 7.37. The molecule has 4 rings (SSSR count). The van der Waals surface area contributed by atoms with Gasteiger partial charge in [0.2, 0.25) is 5.91 Å². The van der Waals surface area contributed by atoms with Crippen LogP contribution in [-0.2, 0) is 20.9 Å². The molecule has 10 heteroatoms. The van der Waals surface area contributed by atoms with Crippen molar-refractivity contribution in [3.8, 4) is 11.5 Å². The minimum absolute atomic E-state index is 0.121. The second-order valence-corrected chi connectivity index (χ2v) is 10.0. The molecular weight excluding hydrogens is 502 g/mol. The highest BCUT2D eigenvalue weighted by molar-refractivity contribution is 5.72. The zero-order chi connectivity index (χ0) is 27.8. The number of carbonyl (C=O) groups is 2. The molecule has 0 bridgehead atoms. The number of nitrogens with one attached hydrogen (secondary N) is 1. The van der Waals surface area contributed by atoms with Crippen LogP contribution in [-0.4, -0.2) is 88.3 Å². The number of rotatable bonds is 11. The number of carbonyl (C=O) groups excluding carboxylic acids is 1. The van der Waals surface area contributed by atoms with Gasteiger partial charge in [-0.1, -0.05) is 18.2 Å². The Labute approximate surface area is 229 Å². The van der Waals surface area contributed by atoms with E-state index in [0.29, 0.717) is 32.9 Å². The maximum atomic E-state index is 12.0. The Bertz CT molecular complexity index is 1110. The number of likely N-dealkylation sites (tertiary alicyclic amines) is 1. The van der Waals surface area contributed by atoms with Gasteiger partial charge in [0, 0.05) is 52.1 Å². The van der Waals surface area contributed by atoms with Crippen LogP contribution in [0.15, 0.2) is 42.5 Å². The Kier molecular flexibility index (Phi) is 9.89. The van der Waals surface area contributed by atoms with Gasteiger partial charge in [0.25, 0.3) is 0 Å². The zero-order valence-electron chi connectivity index (χ0n) is 22.9. The Morgan fingerprint density at radius 2 is 1.92 bits per heavy atom. The van der Waals surface area contributed by atoms with Crippen molar-refractivity contribution in [1.29, 1.82) is 0 Å². The first-order valence-electron chi connectivity index (χ1n) is 13.4. The monoisotopic (exact) mass is 541 g/mol. The fraction of sp³-hybridized carbons (Fsp3) is 0.517. The van der Waals surface area contributed by atoms with Gasteiger partial charge in [-0.05, 0) is 41.8 Å². The molecular formula is C29H39N3O7. The van der Waals surface area contributed by atoms with Crippen LogP contribution < -0.4 is 19.7 Å². The number of hydrogen-bond donors (Lipinski definition) is 2. The molecule has 1 saturated heterocycles. The molecule has 3 atom stereocenters. The molecule has 0 unspecified atom stereocenters. The van der Waals surface area contributed by atoms with E-state index in [1.54, 1.807) is 14.2 Å². The quantitative estimate of drug-likeness (QED) is 0.417. The van der Waals surface area contributed by atoms with E-state index in [1.165, 1.54) is 11.8 Å². The van der Waals surface area contributed by atoms with Crippen molar-refractivity contribution in [2.75, 3.05) is 65.1 Å². The van der Waals surface area contributed by atoms with E-state index < -0.39 is 12.2 Å². The van der Waals surface area contributed by atoms with Crippen LogP contribution in [0.25, 0.3) is 0 Å². The number of nitrogens with zero attached hydrogens (tertiary/aromatic N) is 2. The first-order valence-corrected chi connectivity index (χ1v) is 13.4. The lowest BCUT2D eigenvalue weighted by Gasteiger charge is -2.43. The molecule has 2 aliphatic heterocycles. The van der Waals surface area contributed by atoms with E-state index in [2.05, 4.69) is 16.3 Å². The van der Waals surface area contributed by atoms with Crippen LogP contribution in [0.3, 0.4) is 0 Å². The Morgan fingerprint density at radius 3 is 2.62 bits per heavy atom. The van der Waals surface area contributed by atoms with Crippen LogP contribution in [0.5, 0.6) is 11.5 Å². The number of ether oxygens (including phenoxy) is 4. The standard InChI is InChI=1S/C29H39N3O7/c1-20(33)30-16-23-17-32(29(34)35)18-27(28(23)22-6-8-24(37-3)9-7-22)39-19-21-5-10-26-25(15-21)31(12-14-38-26)11-4-13-36-2/h5-10,15,23,27-28H,4,11-14,16-19H2,1-3H3,(H,30,33)(H,34,35)/t23-,27+,28+/m1/s1. The van der Waals surface area contributed by atoms with Crippen molar-refractivity contribution in [3.05, 3.63) is 53.6 Å². The molecule has 2 heterocycles. The van der Waals surface area contributed by atoms with Crippen molar-refractivity contribution in [2.45, 2.75) is 32.0 Å². The van der Waals surface area contributed by atoms with Gasteiger partial charge in [0.1, 0.15) is 18.1 Å². The van der Waals surface area contributed by atoms with Gasteiger partial charge in [-0.3, -0.25) is 4.79 Å². The van der Waals surface area contributed by atoms with Gasteiger partial charge in [-0.2, -0.15) is 0 Å². The molecule has 2 aromatic carbocycles. The van der Waals surface area contributed by atoms with Gasteiger partial charge >= 0.3 is 6.09 Å². The van der Waals surface area contributed by atoms with Crippen molar-refractivity contribution >= 4 is 17.7 Å². The lowest BCUT2D eigenvalue weighted by molar-refractivity contribution is -0.119. The van der Waals surface area contributed by atoms with Crippen LogP contribution in [0, 0.1) is 5.92 Å². The molecule has 212 valence electrons. The van der Waals surface area contributed by atoms with Gasteiger partial charge < -0.3 is 39.2 Å². The number of piperidine rings is 1. The number of anilines is 1. The highest BCUT2D eigenvalue weighted by Crippen LogP contribution is 2.37. The van der Waals surface area contributed by atoms with Gasteiger partial charge in [0.05, 0.1) is 38.6 Å². The summed E-state index contributed by atoms with van der Waals surface area (Å²) < 4.78 is 22.9. The van der Waals surface area contributed by atoms with Crippen molar-refractivity contribution < 1.29 is 33.6 Å². The number of benzene rings is 2. The molecule has 0 aromatic heterocycles. The summed E-state index contributed by atoms with van der Waals surface area (Å²) in [5, 5.41) is 12.7. The molecule has 0 spiro atoms. The first kappa shape index (κ1) is 28.5. The summed E-state index contributed by atoms with van der Waals surface area (Å²) in [7, 11) is 3.33. The van der Waals surface area contributed by atoms with E-state index in [4.69, 9.17) is 18.9 Å². The van der Waals surface area contributed by atoms with Gasteiger partial charge in [-0.15, -0.1) is 0 Å². The summed E-state index contributed by atoms with van der Waals surface area (Å²) in [5.41, 5.74) is 3.03. The SMILES string of the molecule is COCCCN1CCOc2ccc(CO[C@H]3CN(C(=O)O)C[C@@H](CNC(C)=O)[C@@H]3c3ccc(OC)cc3)cc21. The third kappa shape index (κ3) is 7.33. The van der Waals surface area contributed by atoms with Crippen molar-refractivity contribution in [1.82, 2.24) is 10.2 Å². The number of hydrogen-bond acceptors (Lipinski definition) is 7. The number of methoxy groups -OCH3 is 2. The van der Waals surface area contributed by atoms with E-state index in [9.17, 15) is 14.7 Å². The molecule has 39 heavy (non-hydrogen) atoms. The maximum absolute atomic E-state index is 12.0. The largest absolute Gasteiger partial charge is 0.497 e. The summed E-state index contributed by atoms with van der Waals surface area (Å²) in [5.74, 6) is 1.16. The van der Waals surface area contributed by atoms with Gasteiger partial charge in [-0.25, -0.2) is 4.79 Å². The lowest BCUT2D eigenvalue weighted by Crippen LogP contribution is -2.53. The highest BCUT2D eigenvalue weighted by Gasteiger charge is 2.40. The van der Waals surface area contributed by atoms with Crippen LogP contribution in [0.2, 0.25) is 0 Å². The van der Waals surface area contributed by atoms with Crippen LogP contribution in [0.4, 0.5) is 10.5 Å². The van der Waals surface area contributed by atoms with E-state index >= 15 is 0 Å². The average Bonchev–Trinajstić information content (AvgIpc) is 2.94. The predicted molar refractivity (Wildman–Crippen MR) is 147 cm³/mol. The lowest BCUT2D eigenvalue weighted by atomic mass is 9.78. The summed E-state index contributed by atoms with van der Waals surface area (Å²) in [6.45, 7) is 5.69. The minimum atomic E-state index is -0.998. The summed E-state index contributed by atoms with van der Waals surface area (Å²) in [6.07, 6.45) is -0.488. The second-order valence-electron chi connectivity index (χ2n) is 10.0. The number of carboxylic acid groups (broad SMARTS) is 1. The van der Waals surface area contributed by atoms with E-state index in [-0.39, 0.29) is 24.3 Å².